The molecule has 4 rings (SSSR count). The number of nitrogens with zero attached hydrogens (tertiary/aromatic N) is 3. The summed E-state index contributed by atoms with van der Waals surface area (Å²) < 4.78 is 2.01. The van der Waals surface area contributed by atoms with Crippen molar-refractivity contribution in [1.82, 2.24) is 30.7 Å². The van der Waals surface area contributed by atoms with E-state index in [2.05, 4.69) is 26.3 Å². The molecule has 0 atom stereocenters. The maximum atomic E-state index is 13.0. The minimum Gasteiger partial charge on any atom is -0.390 e. The molecule has 1 fully saturated rings. The number of rotatable bonds is 2. The molecule has 2 aliphatic heterocycles. The van der Waals surface area contributed by atoms with Crippen LogP contribution in [0.25, 0.3) is 5.57 Å². The molecular weight excluding hydrogens is 404 g/mol. The van der Waals surface area contributed by atoms with Gasteiger partial charge < -0.3 is 26.7 Å². The van der Waals surface area contributed by atoms with Crippen LogP contribution in [0.1, 0.15) is 60.0 Å². The largest absolute Gasteiger partial charge is 0.390 e. The predicted molar refractivity (Wildman–Crippen MR) is 126 cm³/mol. The second-order valence-corrected chi connectivity index (χ2v) is 8.25. The third-order valence-electron chi connectivity index (χ3n) is 5.90. The Bertz CT molecular complexity index is 961. The smallest absolute Gasteiger partial charge is 0.274 e. The highest BCUT2D eigenvalue weighted by atomic mass is 16.1. The van der Waals surface area contributed by atoms with Crippen molar-refractivity contribution in [3.05, 3.63) is 47.7 Å². The summed E-state index contributed by atoms with van der Waals surface area (Å²) >= 11 is 0. The molecule has 2 aromatic rings. The quantitative estimate of drug-likeness (QED) is 0.461. The van der Waals surface area contributed by atoms with Crippen molar-refractivity contribution in [2.75, 3.05) is 31.5 Å². The molecule has 0 saturated carbocycles. The Labute approximate surface area is 188 Å². The molecule has 9 heteroatoms. The molecule has 1 amide bonds. The number of hydrogen-bond donors (Lipinski definition) is 5. The van der Waals surface area contributed by atoms with E-state index in [0.29, 0.717) is 29.5 Å². The van der Waals surface area contributed by atoms with E-state index in [0.717, 1.165) is 69.7 Å². The molecule has 0 spiro atoms. The summed E-state index contributed by atoms with van der Waals surface area (Å²) in [7, 11) is 0. The predicted octanol–water partition coefficient (Wildman–Crippen LogP) is 2.31. The van der Waals surface area contributed by atoms with Crippen LogP contribution in [0.5, 0.6) is 0 Å². The third kappa shape index (κ3) is 5.60. The molecule has 1 saturated heterocycles. The number of hydrogen-bond acceptors (Lipinski definition) is 7. The zero-order valence-electron chi connectivity index (χ0n) is 18.4. The van der Waals surface area contributed by atoms with E-state index in [1.165, 1.54) is 6.21 Å². The van der Waals surface area contributed by atoms with Crippen LogP contribution in [0.15, 0.2) is 30.6 Å². The molecule has 0 aromatic carbocycles. The number of carbonyl (C=O) groups is 1. The van der Waals surface area contributed by atoms with Crippen LogP contribution in [0.3, 0.4) is 0 Å². The van der Waals surface area contributed by atoms with E-state index in [-0.39, 0.29) is 5.91 Å². The standard InChI is InChI=1S/C23H32N8O/c24-13-17-14-26-9-2-1-3-10-27-15-21-22(16-31(30-21)18-7-11-25-12-8-18)29-23(32)20-6-4-5-19(17)28-20/h4-6,13-14,16,18,24-27H,1-3,7-12,15H2,(H,29,32)/b17-14+,24-13?. The fourth-order valence-electron chi connectivity index (χ4n) is 4.06. The van der Waals surface area contributed by atoms with E-state index >= 15 is 0 Å². The van der Waals surface area contributed by atoms with Gasteiger partial charge in [0, 0.05) is 37.3 Å². The second kappa shape index (κ2) is 11.0. The van der Waals surface area contributed by atoms with Gasteiger partial charge in [0.15, 0.2) is 0 Å². The summed E-state index contributed by atoms with van der Waals surface area (Å²) in [5, 5.41) is 25.7. The van der Waals surface area contributed by atoms with Crippen LogP contribution < -0.4 is 21.3 Å². The van der Waals surface area contributed by atoms with Crippen LogP contribution in [-0.2, 0) is 6.54 Å². The van der Waals surface area contributed by atoms with Gasteiger partial charge in [-0.05, 0) is 57.5 Å². The fourth-order valence-corrected chi connectivity index (χ4v) is 4.06. The van der Waals surface area contributed by atoms with Gasteiger partial charge in [0.2, 0.25) is 0 Å². The number of allylic oxidation sites excluding steroid dienone is 1. The Morgan fingerprint density at radius 2 is 1.84 bits per heavy atom. The topological polar surface area (TPSA) is 120 Å². The fraction of sp³-hybridized carbons (Fsp3) is 0.478. The minimum absolute atomic E-state index is 0.278. The van der Waals surface area contributed by atoms with Crippen LogP contribution in [0.4, 0.5) is 5.69 Å². The molecule has 2 aromatic heterocycles. The molecule has 2 bridgehead atoms. The first kappa shape index (κ1) is 22.2. The number of fused-ring (bicyclic) bond motifs is 3. The number of pyridine rings is 1. The first-order valence-electron chi connectivity index (χ1n) is 11.5. The Balaban J connectivity index is 1.61. The van der Waals surface area contributed by atoms with Crippen LogP contribution in [0.2, 0.25) is 0 Å². The molecule has 9 nitrogen and oxygen atoms in total. The Hall–Kier alpha value is -3.04. The Morgan fingerprint density at radius 3 is 2.69 bits per heavy atom. The van der Waals surface area contributed by atoms with E-state index in [9.17, 15) is 4.79 Å². The summed E-state index contributed by atoms with van der Waals surface area (Å²) in [6.45, 7) is 4.31. The van der Waals surface area contributed by atoms with Crippen molar-refractivity contribution in [2.24, 2.45) is 0 Å². The molecular formula is C23H32N8O. The van der Waals surface area contributed by atoms with Gasteiger partial charge in [-0.25, -0.2) is 4.98 Å². The highest BCUT2D eigenvalue weighted by Crippen LogP contribution is 2.23. The monoisotopic (exact) mass is 436 g/mol. The van der Waals surface area contributed by atoms with Crippen molar-refractivity contribution in [2.45, 2.75) is 44.7 Å². The average Bonchev–Trinajstić information content (AvgIpc) is 3.23. The van der Waals surface area contributed by atoms with Gasteiger partial charge in [-0.3, -0.25) is 9.48 Å². The number of piperidine rings is 1. The van der Waals surface area contributed by atoms with Gasteiger partial charge in [0.25, 0.3) is 5.91 Å². The second-order valence-electron chi connectivity index (χ2n) is 8.25. The first-order valence-corrected chi connectivity index (χ1v) is 11.5. The van der Waals surface area contributed by atoms with E-state index in [4.69, 9.17) is 10.5 Å². The van der Waals surface area contributed by atoms with Gasteiger partial charge in [-0.2, -0.15) is 5.10 Å². The molecule has 0 unspecified atom stereocenters. The van der Waals surface area contributed by atoms with Gasteiger partial charge in [-0.1, -0.05) is 12.5 Å². The summed E-state index contributed by atoms with van der Waals surface area (Å²) in [4.78, 5) is 17.5. The van der Waals surface area contributed by atoms with E-state index in [1.54, 1.807) is 18.3 Å². The number of nitrogens with one attached hydrogen (secondary N) is 5. The maximum Gasteiger partial charge on any atom is 0.274 e. The lowest BCUT2D eigenvalue weighted by Crippen LogP contribution is -2.29. The highest BCUT2D eigenvalue weighted by molar-refractivity contribution is 6.08. The SMILES string of the molecule is N=C/C1=C\NCCCCCNCc2nn(C3CCNCC3)cc2NC(=O)c2cccc1n2. The molecule has 0 aliphatic carbocycles. The molecule has 170 valence electrons. The highest BCUT2D eigenvalue weighted by Gasteiger charge is 2.20. The van der Waals surface area contributed by atoms with Crippen molar-refractivity contribution >= 4 is 23.4 Å². The van der Waals surface area contributed by atoms with Gasteiger partial charge in [0.05, 0.1) is 23.1 Å². The minimum atomic E-state index is -0.278. The van der Waals surface area contributed by atoms with E-state index in [1.807, 2.05) is 16.9 Å². The van der Waals surface area contributed by atoms with Crippen molar-refractivity contribution in [3.63, 3.8) is 0 Å². The van der Waals surface area contributed by atoms with E-state index < -0.39 is 0 Å². The zero-order chi connectivity index (χ0) is 22.2. The van der Waals surface area contributed by atoms with Gasteiger partial charge in [-0.15, -0.1) is 0 Å². The van der Waals surface area contributed by atoms with Crippen LogP contribution in [-0.4, -0.2) is 53.1 Å². The number of carbonyl (C=O) groups excluding carboxylic acids is 1. The van der Waals surface area contributed by atoms with Gasteiger partial charge >= 0.3 is 0 Å². The first-order chi connectivity index (χ1) is 15.7. The van der Waals surface area contributed by atoms with Crippen molar-refractivity contribution < 1.29 is 4.79 Å². The van der Waals surface area contributed by atoms with Crippen molar-refractivity contribution in [1.29, 1.82) is 5.41 Å². The number of anilines is 1. The summed E-state index contributed by atoms with van der Waals surface area (Å²) in [5.41, 5.74) is 3.12. The molecule has 5 N–H and O–H groups in total. The maximum absolute atomic E-state index is 13.0. The zero-order valence-corrected chi connectivity index (χ0v) is 18.4. The average molecular weight is 437 g/mol. The Morgan fingerprint density at radius 1 is 1.03 bits per heavy atom. The van der Waals surface area contributed by atoms with Gasteiger partial charge in [0.1, 0.15) is 5.69 Å². The summed E-state index contributed by atoms with van der Waals surface area (Å²) in [6.07, 6.45) is 10.3. The Kier molecular flexibility index (Phi) is 7.63. The number of amides is 1. The van der Waals surface area contributed by atoms with Crippen LogP contribution >= 0.6 is 0 Å². The molecule has 32 heavy (non-hydrogen) atoms. The normalized spacial score (nSPS) is 20.8. The van der Waals surface area contributed by atoms with Crippen LogP contribution in [0, 0.1) is 5.41 Å². The molecule has 4 heterocycles. The number of aromatic nitrogens is 3. The summed E-state index contributed by atoms with van der Waals surface area (Å²) in [5.74, 6) is -0.278. The molecule has 0 radical (unpaired) electrons. The molecule has 2 aliphatic rings. The summed E-state index contributed by atoms with van der Waals surface area (Å²) in [6, 6.07) is 5.64. The lowest BCUT2D eigenvalue weighted by Gasteiger charge is -2.22. The lowest BCUT2D eigenvalue weighted by atomic mass is 10.1. The third-order valence-corrected chi connectivity index (χ3v) is 5.90. The van der Waals surface area contributed by atoms with Crippen molar-refractivity contribution in [3.8, 4) is 0 Å². The lowest BCUT2D eigenvalue weighted by molar-refractivity contribution is 0.102.